The van der Waals surface area contributed by atoms with Gasteiger partial charge in [0.25, 0.3) is 0 Å². The van der Waals surface area contributed by atoms with E-state index in [1.54, 1.807) is 12.1 Å². The molecule has 1 aliphatic heterocycles. The van der Waals surface area contributed by atoms with Gasteiger partial charge in [-0.05, 0) is 49.8 Å². The number of anilines is 1. The van der Waals surface area contributed by atoms with Crippen molar-refractivity contribution in [2.24, 2.45) is 0 Å². The maximum Gasteiger partial charge on any atom is 0.239 e. The molecule has 4 N–H and O–H groups in total. The lowest BCUT2D eigenvalue weighted by molar-refractivity contribution is -0.135. The van der Waals surface area contributed by atoms with E-state index in [0.717, 1.165) is 44.2 Å². The number of phenolic OH excluding ortho intramolecular Hbond substituents is 1. The van der Waals surface area contributed by atoms with Gasteiger partial charge in [-0.2, -0.15) is 4.98 Å². The fourth-order valence-corrected chi connectivity index (χ4v) is 3.47. The molecule has 3 rings (SSSR count). The molecule has 0 bridgehead atoms. The van der Waals surface area contributed by atoms with E-state index in [-0.39, 0.29) is 17.9 Å². The number of hydrogen-bond donors (Lipinski definition) is 3. The molecule has 1 atom stereocenters. The highest BCUT2D eigenvalue weighted by Gasteiger charge is 2.26. The SMILES string of the molecule is Nc1n[nH]c(CCC(=O)N2CCCC[C@@H]2CCc2cccc(O)c2)n1. The Morgan fingerprint density at radius 1 is 1.36 bits per heavy atom. The lowest BCUT2D eigenvalue weighted by Crippen LogP contribution is -2.44. The minimum absolute atomic E-state index is 0.163. The van der Waals surface area contributed by atoms with Crippen LogP contribution in [0.4, 0.5) is 5.95 Å². The highest BCUT2D eigenvalue weighted by Crippen LogP contribution is 2.23. The molecule has 1 aliphatic rings. The monoisotopic (exact) mass is 343 g/mol. The summed E-state index contributed by atoms with van der Waals surface area (Å²) >= 11 is 0. The number of rotatable bonds is 6. The number of phenols is 1. The molecule has 0 spiro atoms. The number of benzene rings is 1. The molecule has 0 unspecified atom stereocenters. The van der Waals surface area contributed by atoms with Crippen molar-refractivity contribution in [3.63, 3.8) is 0 Å². The number of aryl methyl sites for hydroxylation is 2. The first-order chi connectivity index (χ1) is 12.1. The summed E-state index contributed by atoms with van der Waals surface area (Å²) in [5.41, 5.74) is 6.60. The number of H-pyrrole nitrogens is 1. The second kappa shape index (κ2) is 8.00. The summed E-state index contributed by atoms with van der Waals surface area (Å²) in [6.45, 7) is 0.822. The fourth-order valence-electron chi connectivity index (χ4n) is 3.47. The molecule has 0 saturated carbocycles. The Bertz CT molecular complexity index is 715. The van der Waals surface area contributed by atoms with Crippen molar-refractivity contribution in [3.05, 3.63) is 35.7 Å². The van der Waals surface area contributed by atoms with Crippen molar-refractivity contribution in [1.82, 2.24) is 20.1 Å². The zero-order valence-electron chi connectivity index (χ0n) is 14.3. The first-order valence-corrected chi connectivity index (χ1v) is 8.86. The van der Waals surface area contributed by atoms with Crippen LogP contribution in [0.15, 0.2) is 24.3 Å². The maximum absolute atomic E-state index is 12.6. The summed E-state index contributed by atoms with van der Waals surface area (Å²) in [5.74, 6) is 1.32. The number of aromatic amines is 1. The van der Waals surface area contributed by atoms with Crippen LogP contribution in [0.2, 0.25) is 0 Å². The zero-order chi connectivity index (χ0) is 17.6. The molecular weight excluding hydrogens is 318 g/mol. The molecule has 1 amide bonds. The van der Waals surface area contributed by atoms with Crippen molar-refractivity contribution < 1.29 is 9.90 Å². The normalized spacial score (nSPS) is 17.6. The number of amides is 1. The highest BCUT2D eigenvalue weighted by molar-refractivity contribution is 5.76. The molecule has 1 saturated heterocycles. The van der Waals surface area contributed by atoms with Gasteiger partial charge in [0.2, 0.25) is 11.9 Å². The second-order valence-corrected chi connectivity index (χ2v) is 6.59. The lowest BCUT2D eigenvalue weighted by Gasteiger charge is -2.36. The summed E-state index contributed by atoms with van der Waals surface area (Å²) in [4.78, 5) is 18.7. The quantitative estimate of drug-likeness (QED) is 0.744. The Morgan fingerprint density at radius 3 is 3.00 bits per heavy atom. The number of nitrogens with two attached hydrogens (primary N) is 1. The van der Waals surface area contributed by atoms with E-state index in [1.807, 2.05) is 17.0 Å². The molecular formula is C18H25N5O2. The van der Waals surface area contributed by atoms with E-state index in [0.29, 0.717) is 24.4 Å². The summed E-state index contributed by atoms with van der Waals surface area (Å²) in [6, 6.07) is 7.61. The average molecular weight is 343 g/mol. The average Bonchev–Trinajstić information content (AvgIpc) is 3.03. The van der Waals surface area contributed by atoms with Crippen molar-refractivity contribution in [1.29, 1.82) is 0 Å². The molecule has 1 aromatic carbocycles. The van der Waals surface area contributed by atoms with E-state index in [2.05, 4.69) is 15.2 Å². The van der Waals surface area contributed by atoms with E-state index >= 15 is 0 Å². The van der Waals surface area contributed by atoms with Crippen LogP contribution in [0.3, 0.4) is 0 Å². The molecule has 2 heterocycles. The number of piperidine rings is 1. The van der Waals surface area contributed by atoms with Gasteiger partial charge >= 0.3 is 0 Å². The Morgan fingerprint density at radius 2 is 2.24 bits per heavy atom. The minimum atomic E-state index is 0.163. The third-order valence-electron chi connectivity index (χ3n) is 4.75. The van der Waals surface area contributed by atoms with E-state index in [9.17, 15) is 9.90 Å². The molecule has 1 aromatic heterocycles. The molecule has 134 valence electrons. The molecule has 0 aliphatic carbocycles. The number of hydrogen-bond acceptors (Lipinski definition) is 5. The van der Waals surface area contributed by atoms with E-state index in [1.165, 1.54) is 0 Å². The molecule has 7 nitrogen and oxygen atoms in total. The summed E-state index contributed by atoms with van der Waals surface area (Å²) in [7, 11) is 0. The number of aromatic nitrogens is 3. The van der Waals surface area contributed by atoms with Crippen molar-refractivity contribution in [3.8, 4) is 5.75 Å². The molecule has 7 heteroatoms. The van der Waals surface area contributed by atoms with Gasteiger partial charge in [-0.15, -0.1) is 5.10 Å². The number of nitrogens with zero attached hydrogens (tertiary/aromatic N) is 3. The van der Waals surface area contributed by atoms with Gasteiger partial charge in [-0.25, -0.2) is 0 Å². The van der Waals surface area contributed by atoms with Gasteiger partial charge in [-0.1, -0.05) is 12.1 Å². The van der Waals surface area contributed by atoms with Crippen LogP contribution < -0.4 is 5.73 Å². The Hall–Kier alpha value is -2.57. The van der Waals surface area contributed by atoms with Gasteiger partial charge in [-0.3, -0.25) is 9.89 Å². The Balaban J connectivity index is 1.55. The van der Waals surface area contributed by atoms with Gasteiger partial charge in [0.15, 0.2) is 0 Å². The van der Waals surface area contributed by atoms with Crippen LogP contribution in [0.5, 0.6) is 5.75 Å². The van der Waals surface area contributed by atoms with Gasteiger partial charge < -0.3 is 15.7 Å². The van der Waals surface area contributed by atoms with Crippen LogP contribution in [0.25, 0.3) is 0 Å². The molecule has 1 fully saturated rings. The van der Waals surface area contributed by atoms with Crippen molar-refractivity contribution in [2.45, 2.75) is 51.0 Å². The fraction of sp³-hybridized carbons (Fsp3) is 0.500. The number of carbonyl (C=O) groups is 1. The predicted octanol–water partition coefficient (Wildman–Crippen LogP) is 2.04. The minimum Gasteiger partial charge on any atom is -0.508 e. The second-order valence-electron chi connectivity index (χ2n) is 6.59. The summed E-state index contributed by atoms with van der Waals surface area (Å²) < 4.78 is 0. The topological polar surface area (TPSA) is 108 Å². The molecule has 25 heavy (non-hydrogen) atoms. The van der Waals surface area contributed by atoms with E-state index in [4.69, 9.17) is 5.73 Å². The molecule has 0 radical (unpaired) electrons. The Labute approximate surface area is 147 Å². The van der Waals surface area contributed by atoms with Crippen molar-refractivity contribution >= 4 is 11.9 Å². The zero-order valence-corrected chi connectivity index (χ0v) is 14.3. The third-order valence-corrected chi connectivity index (χ3v) is 4.75. The van der Waals surface area contributed by atoms with Gasteiger partial charge in [0, 0.05) is 25.4 Å². The van der Waals surface area contributed by atoms with Gasteiger partial charge in [0.1, 0.15) is 11.6 Å². The standard InChI is InChI=1S/C18H25N5O2/c19-18-20-16(21-22-18)9-10-17(25)23-11-2-1-5-14(23)8-7-13-4-3-6-15(24)12-13/h3-4,6,12,14,24H,1-2,5,7-11H2,(H3,19,20,21,22)/t14-/m1/s1. The molecule has 2 aromatic rings. The van der Waals surface area contributed by atoms with Crippen LogP contribution in [0, 0.1) is 0 Å². The number of likely N-dealkylation sites (tertiary alicyclic amines) is 1. The van der Waals surface area contributed by atoms with Crippen LogP contribution in [-0.2, 0) is 17.6 Å². The smallest absolute Gasteiger partial charge is 0.239 e. The number of carbonyl (C=O) groups excluding carboxylic acids is 1. The number of nitrogen functional groups attached to an aromatic ring is 1. The largest absolute Gasteiger partial charge is 0.508 e. The Kier molecular flexibility index (Phi) is 5.53. The van der Waals surface area contributed by atoms with Gasteiger partial charge in [0.05, 0.1) is 0 Å². The summed E-state index contributed by atoms with van der Waals surface area (Å²) in [6.07, 6.45) is 5.98. The van der Waals surface area contributed by atoms with Crippen molar-refractivity contribution in [2.75, 3.05) is 12.3 Å². The van der Waals surface area contributed by atoms with Crippen LogP contribution in [-0.4, -0.2) is 43.7 Å². The highest BCUT2D eigenvalue weighted by atomic mass is 16.3. The summed E-state index contributed by atoms with van der Waals surface area (Å²) in [5, 5.41) is 16.1. The maximum atomic E-state index is 12.6. The number of aromatic hydroxyl groups is 1. The lowest BCUT2D eigenvalue weighted by atomic mass is 9.95. The third kappa shape index (κ3) is 4.71. The predicted molar refractivity (Wildman–Crippen MR) is 94.9 cm³/mol. The first-order valence-electron chi connectivity index (χ1n) is 8.86. The van der Waals surface area contributed by atoms with Crippen LogP contribution in [0.1, 0.15) is 43.5 Å². The van der Waals surface area contributed by atoms with E-state index < -0.39 is 0 Å². The number of nitrogens with one attached hydrogen (secondary N) is 1. The van der Waals surface area contributed by atoms with Crippen LogP contribution >= 0.6 is 0 Å². The first kappa shape index (κ1) is 17.3.